The number of fused-ring (bicyclic) bond motifs is 1. The number of aliphatic hydroxyl groups excluding tert-OH is 1. The number of nitrogens with two attached hydrogens (primary N) is 1. The summed E-state index contributed by atoms with van der Waals surface area (Å²) >= 11 is 0. The summed E-state index contributed by atoms with van der Waals surface area (Å²) in [4.78, 5) is 17.6. The Morgan fingerprint density at radius 3 is 2.67 bits per heavy atom. The number of rotatable bonds is 9. The van der Waals surface area contributed by atoms with Crippen molar-refractivity contribution in [3.8, 4) is 29.4 Å². The maximum absolute atomic E-state index is 13.0. The van der Waals surface area contributed by atoms with Crippen molar-refractivity contribution in [2.45, 2.75) is 38.8 Å². The molecule has 0 saturated heterocycles. The summed E-state index contributed by atoms with van der Waals surface area (Å²) in [6, 6.07) is 16.5. The molecule has 0 fully saturated rings. The number of aromatic nitrogens is 2. The lowest BCUT2D eigenvalue weighted by atomic mass is 10.0. The maximum atomic E-state index is 13.0. The van der Waals surface area contributed by atoms with E-state index < -0.39 is 0 Å². The summed E-state index contributed by atoms with van der Waals surface area (Å²) in [7, 11) is 0. The molecular formula is C29H30N4O3. The molecule has 0 aliphatic heterocycles. The standard InChI is InChI=1S/C29H30N4O3/c1-4-21-17-23(11-12-27(21)36-19(2)3)29(35)31-24(13-15-34)16-20-7-9-22(10-8-20)26-18-33-14-5-6-25(30)28(33)32-26/h1,5-12,14,17-19,24,34H,13,15-16,30H2,2-3H3,(H,31,35)/t24-/m1/s1. The molecule has 0 unspecified atom stereocenters. The van der Waals surface area contributed by atoms with Crippen LogP contribution in [0.25, 0.3) is 16.9 Å². The zero-order valence-corrected chi connectivity index (χ0v) is 20.4. The molecule has 2 aromatic carbocycles. The molecule has 7 nitrogen and oxygen atoms in total. The number of ether oxygens (including phenoxy) is 1. The maximum Gasteiger partial charge on any atom is 0.251 e. The molecule has 0 spiro atoms. The Labute approximate surface area is 210 Å². The average molecular weight is 483 g/mol. The Kier molecular flexibility index (Phi) is 7.57. The molecule has 1 amide bonds. The van der Waals surface area contributed by atoms with E-state index in [-0.39, 0.29) is 24.7 Å². The van der Waals surface area contributed by atoms with E-state index in [0.29, 0.717) is 35.4 Å². The number of hydrogen-bond acceptors (Lipinski definition) is 5. The second kappa shape index (κ2) is 11.0. The first-order chi connectivity index (χ1) is 17.4. The molecular weight excluding hydrogens is 452 g/mol. The van der Waals surface area contributed by atoms with E-state index in [1.165, 1.54) is 0 Å². The van der Waals surface area contributed by atoms with Gasteiger partial charge in [-0.05, 0) is 62.6 Å². The van der Waals surface area contributed by atoms with Crippen LogP contribution in [0.1, 0.15) is 41.8 Å². The number of nitrogen functional groups attached to an aromatic ring is 1. The number of pyridine rings is 1. The Morgan fingerprint density at radius 2 is 2.00 bits per heavy atom. The summed E-state index contributed by atoms with van der Waals surface area (Å²) in [5.74, 6) is 2.91. The summed E-state index contributed by atoms with van der Waals surface area (Å²) in [6.45, 7) is 3.79. The number of terminal acetylenes is 1. The molecule has 4 rings (SSSR count). The van der Waals surface area contributed by atoms with Gasteiger partial charge in [0.2, 0.25) is 0 Å². The van der Waals surface area contributed by atoms with Crippen LogP contribution in [0.5, 0.6) is 5.75 Å². The number of benzene rings is 2. The number of nitrogens with one attached hydrogen (secondary N) is 1. The SMILES string of the molecule is C#Cc1cc(C(=O)N[C@H](CCO)Cc2ccc(-c3cn4cccc(N)c4n3)cc2)ccc1OC(C)C. The highest BCUT2D eigenvalue weighted by molar-refractivity contribution is 5.95. The highest BCUT2D eigenvalue weighted by Gasteiger charge is 2.16. The van der Waals surface area contributed by atoms with Crippen molar-refractivity contribution in [2.75, 3.05) is 12.3 Å². The zero-order chi connectivity index (χ0) is 25.7. The largest absolute Gasteiger partial charge is 0.490 e. The summed E-state index contributed by atoms with van der Waals surface area (Å²) in [6.07, 6.45) is 10.4. The fourth-order valence-electron chi connectivity index (χ4n) is 4.06. The van der Waals surface area contributed by atoms with E-state index in [1.807, 2.05) is 67.0 Å². The van der Waals surface area contributed by atoms with Crippen molar-refractivity contribution in [3.05, 3.63) is 83.7 Å². The van der Waals surface area contributed by atoms with E-state index in [1.54, 1.807) is 18.2 Å². The van der Waals surface area contributed by atoms with E-state index in [2.05, 4.69) is 16.2 Å². The molecule has 4 aromatic rings. The highest BCUT2D eigenvalue weighted by Crippen LogP contribution is 2.23. The number of nitrogens with zero attached hydrogens (tertiary/aromatic N) is 2. The lowest BCUT2D eigenvalue weighted by Gasteiger charge is -2.19. The van der Waals surface area contributed by atoms with Gasteiger partial charge in [-0.3, -0.25) is 4.79 Å². The molecule has 0 aliphatic carbocycles. The molecule has 0 radical (unpaired) electrons. The lowest BCUT2D eigenvalue weighted by molar-refractivity contribution is 0.0930. The molecule has 0 saturated carbocycles. The molecule has 7 heteroatoms. The molecule has 36 heavy (non-hydrogen) atoms. The molecule has 184 valence electrons. The third kappa shape index (κ3) is 5.68. The van der Waals surface area contributed by atoms with Gasteiger partial charge >= 0.3 is 0 Å². The topological polar surface area (TPSA) is 102 Å². The van der Waals surface area contributed by atoms with Gasteiger partial charge in [0, 0.05) is 36.2 Å². The quantitative estimate of drug-likeness (QED) is 0.312. The van der Waals surface area contributed by atoms with Crippen molar-refractivity contribution in [1.29, 1.82) is 0 Å². The van der Waals surface area contributed by atoms with Crippen LogP contribution in [-0.2, 0) is 6.42 Å². The number of carbonyl (C=O) groups excluding carboxylic acids is 1. The Bertz CT molecular complexity index is 1400. The predicted octanol–water partition coefficient (Wildman–Crippen LogP) is 4.08. The van der Waals surface area contributed by atoms with Crippen molar-refractivity contribution < 1.29 is 14.6 Å². The van der Waals surface area contributed by atoms with E-state index in [9.17, 15) is 9.90 Å². The first-order valence-corrected chi connectivity index (χ1v) is 11.9. The number of hydrogen-bond donors (Lipinski definition) is 3. The van der Waals surface area contributed by atoms with Gasteiger partial charge in [-0.15, -0.1) is 6.42 Å². The van der Waals surface area contributed by atoms with Gasteiger partial charge in [0.15, 0.2) is 5.65 Å². The van der Waals surface area contributed by atoms with Gasteiger partial charge < -0.3 is 25.3 Å². The minimum atomic E-state index is -0.250. The monoisotopic (exact) mass is 482 g/mol. The van der Waals surface area contributed by atoms with Gasteiger partial charge in [-0.25, -0.2) is 4.98 Å². The Morgan fingerprint density at radius 1 is 1.22 bits per heavy atom. The minimum Gasteiger partial charge on any atom is -0.490 e. The average Bonchev–Trinajstić information content (AvgIpc) is 3.30. The van der Waals surface area contributed by atoms with Crippen molar-refractivity contribution >= 4 is 17.2 Å². The van der Waals surface area contributed by atoms with Crippen LogP contribution in [0, 0.1) is 12.3 Å². The molecule has 2 heterocycles. The fourth-order valence-corrected chi connectivity index (χ4v) is 4.06. The van der Waals surface area contributed by atoms with Gasteiger partial charge in [-0.1, -0.05) is 30.2 Å². The third-order valence-corrected chi connectivity index (χ3v) is 5.82. The predicted molar refractivity (Wildman–Crippen MR) is 142 cm³/mol. The molecule has 2 aromatic heterocycles. The Balaban J connectivity index is 1.46. The van der Waals surface area contributed by atoms with Crippen LogP contribution in [0.15, 0.2) is 67.0 Å². The van der Waals surface area contributed by atoms with E-state index >= 15 is 0 Å². The lowest BCUT2D eigenvalue weighted by Crippen LogP contribution is -2.37. The minimum absolute atomic E-state index is 0.0251. The molecule has 0 bridgehead atoms. The summed E-state index contributed by atoms with van der Waals surface area (Å²) < 4.78 is 7.62. The number of amides is 1. The summed E-state index contributed by atoms with van der Waals surface area (Å²) in [5.41, 5.74) is 11.2. The normalized spacial score (nSPS) is 11.9. The van der Waals surface area contributed by atoms with Crippen LogP contribution >= 0.6 is 0 Å². The van der Waals surface area contributed by atoms with Crippen molar-refractivity contribution in [1.82, 2.24) is 14.7 Å². The second-order valence-corrected chi connectivity index (χ2v) is 8.93. The van der Waals surface area contributed by atoms with E-state index in [4.69, 9.17) is 16.9 Å². The van der Waals surface area contributed by atoms with Gasteiger partial charge in [-0.2, -0.15) is 0 Å². The van der Waals surface area contributed by atoms with Crippen molar-refractivity contribution in [3.63, 3.8) is 0 Å². The molecule has 4 N–H and O–H groups in total. The van der Waals surface area contributed by atoms with Gasteiger partial charge in [0.1, 0.15) is 5.75 Å². The third-order valence-electron chi connectivity index (χ3n) is 5.82. The first-order valence-electron chi connectivity index (χ1n) is 11.9. The number of imidazole rings is 1. The molecule has 0 aliphatic rings. The summed E-state index contributed by atoms with van der Waals surface area (Å²) in [5, 5.41) is 12.6. The fraction of sp³-hybridized carbons (Fsp3) is 0.241. The van der Waals surface area contributed by atoms with Crippen LogP contribution in [0.4, 0.5) is 5.69 Å². The van der Waals surface area contributed by atoms with Crippen LogP contribution in [0.3, 0.4) is 0 Å². The number of carbonyl (C=O) groups is 1. The Hall–Kier alpha value is -4.28. The first kappa shape index (κ1) is 24.8. The number of anilines is 1. The van der Waals surface area contributed by atoms with Gasteiger partial charge in [0.05, 0.1) is 23.0 Å². The van der Waals surface area contributed by atoms with Gasteiger partial charge in [0.25, 0.3) is 5.91 Å². The van der Waals surface area contributed by atoms with E-state index in [0.717, 1.165) is 22.5 Å². The highest BCUT2D eigenvalue weighted by atomic mass is 16.5. The van der Waals surface area contributed by atoms with Crippen LogP contribution in [0.2, 0.25) is 0 Å². The molecule has 1 atom stereocenters. The van der Waals surface area contributed by atoms with Crippen LogP contribution in [-0.4, -0.2) is 39.2 Å². The second-order valence-electron chi connectivity index (χ2n) is 8.93. The van der Waals surface area contributed by atoms with Crippen LogP contribution < -0.4 is 15.8 Å². The zero-order valence-electron chi connectivity index (χ0n) is 20.4. The smallest absolute Gasteiger partial charge is 0.251 e. The number of aliphatic hydroxyl groups is 1. The van der Waals surface area contributed by atoms with Crippen molar-refractivity contribution in [2.24, 2.45) is 0 Å².